The van der Waals surface area contributed by atoms with E-state index in [1.807, 2.05) is 36.5 Å². The molecule has 9 nitrogen and oxygen atoms in total. The Hall–Kier alpha value is -4.06. The zero-order valence-electron chi connectivity index (χ0n) is 19.8. The van der Waals surface area contributed by atoms with Gasteiger partial charge in [-0.25, -0.2) is 23.1 Å². The molecule has 192 valence electrons. The molecule has 0 aliphatic heterocycles. The summed E-state index contributed by atoms with van der Waals surface area (Å²) < 4.78 is 34.2. The summed E-state index contributed by atoms with van der Waals surface area (Å²) >= 11 is 0. The number of sulfonamides is 1. The van der Waals surface area contributed by atoms with Crippen LogP contribution in [-0.2, 0) is 20.8 Å². The Morgan fingerprint density at radius 1 is 0.865 bits per heavy atom. The van der Waals surface area contributed by atoms with Crippen molar-refractivity contribution >= 4 is 32.8 Å². The van der Waals surface area contributed by atoms with Crippen molar-refractivity contribution in [2.24, 2.45) is 5.14 Å². The highest BCUT2D eigenvalue weighted by Gasteiger charge is 2.12. The first kappa shape index (κ1) is 27.5. The maximum Gasteiger partial charge on any atom is 0.335 e. The summed E-state index contributed by atoms with van der Waals surface area (Å²) in [6.45, 7) is 1.62. The number of hydrogen-bond acceptors (Lipinski definition) is 5. The SMILES string of the molecule is CS(=O)c1ccc(-c2cc[nH]c2-c2ccc(S(N)(=O)=O)cc2)cc1.Cc1ccc(C(=O)O)cc1C(=O)O. The third kappa shape index (κ3) is 6.79. The molecule has 0 amide bonds. The Morgan fingerprint density at radius 3 is 1.97 bits per heavy atom. The number of nitrogens with two attached hydrogens (primary N) is 1. The van der Waals surface area contributed by atoms with E-state index in [4.69, 9.17) is 15.4 Å². The largest absolute Gasteiger partial charge is 0.478 e. The minimum absolute atomic E-state index is 0.0111. The molecular formula is C26H24N2O7S2. The number of carbonyl (C=O) groups is 2. The molecule has 1 heterocycles. The van der Waals surface area contributed by atoms with Crippen LogP contribution < -0.4 is 5.14 Å². The summed E-state index contributed by atoms with van der Waals surface area (Å²) in [4.78, 5) is 25.1. The van der Waals surface area contributed by atoms with Crippen molar-refractivity contribution in [3.05, 3.63) is 95.7 Å². The number of carboxylic acid groups (broad SMARTS) is 2. The molecule has 0 aliphatic carbocycles. The van der Waals surface area contributed by atoms with Crippen LogP contribution in [0, 0.1) is 6.92 Å². The maximum absolute atomic E-state index is 11.5. The predicted molar refractivity (Wildman–Crippen MR) is 140 cm³/mol. The number of primary sulfonamides is 1. The zero-order chi connectivity index (χ0) is 27.3. The number of aromatic carboxylic acids is 2. The van der Waals surface area contributed by atoms with Gasteiger partial charge < -0.3 is 15.2 Å². The van der Waals surface area contributed by atoms with E-state index in [0.29, 0.717) is 5.56 Å². The number of aromatic nitrogens is 1. The van der Waals surface area contributed by atoms with E-state index in [0.717, 1.165) is 33.3 Å². The molecule has 0 radical (unpaired) electrons. The summed E-state index contributed by atoms with van der Waals surface area (Å²) in [7, 11) is -4.72. The van der Waals surface area contributed by atoms with Gasteiger partial charge in [0, 0.05) is 33.7 Å². The molecule has 37 heavy (non-hydrogen) atoms. The molecule has 1 atom stereocenters. The van der Waals surface area contributed by atoms with Crippen molar-refractivity contribution in [1.82, 2.24) is 4.98 Å². The minimum atomic E-state index is -3.70. The fraction of sp³-hybridized carbons (Fsp3) is 0.0769. The molecule has 0 bridgehead atoms. The van der Waals surface area contributed by atoms with Crippen molar-refractivity contribution in [3.8, 4) is 22.4 Å². The standard InChI is InChI=1S/C17H16N2O3S2.C9H8O4/c1-23(20)14-6-2-12(3-7-14)16-10-11-19-17(16)13-4-8-15(9-5-13)24(18,21)22;1-5-2-3-6(8(10)11)4-7(5)9(12)13/h2-11,19H,1H3,(H2,18,21,22);2-4H,1H3,(H,10,11)(H,12,13). The minimum Gasteiger partial charge on any atom is -0.478 e. The number of hydrogen-bond donors (Lipinski definition) is 4. The number of nitrogens with one attached hydrogen (secondary N) is 1. The van der Waals surface area contributed by atoms with Crippen molar-refractivity contribution in [1.29, 1.82) is 0 Å². The molecule has 1 unspecified atom stereocenters. The quantitative estimate of drug-likeness (QED) is 0.285. The highest BCUT2D eigenvalue weighted by Crippen LogP contribution is 2.31. The van der Waals surface area contributed by atoms with Gasteiger partial charge in [-0.2, -0.15) is 0 Å². The van der Waals surface area contributed by atoms with Crippen LogP contribution in [0.3, 0.4) is 0 Å². The van der Waals surface area contributed by atoms with E-state index < -0.39 is 32.8 Å². The average Bonchev–Trinajstić information content (AvgIpc) is 3.34. The number of aryl methyl sites for hydroxylation is 1. The van der Waals surface area contributed by atoms with Crippen molar-refractivity contribution in [2.75, 3.05) is 6.26 Å². The lowest BCUT2D eigenvalue weighted by molar-refractivity contribution is 0.0695. The van der Waals surface area contributed by atoms with Gasteiger partial charge in [-0.15, -0.1) is 0 Å². The second-order valence-corrected chi connectivity index (χ2v) is 10.9. The van der Waals surface area contributed by atoms with Crippen LogP contribution in [0.2, 0.25) is 0 Å². The van der Waals surface area contributed by atoms with Crippen LogP contribution in [0.25, 0.3) is 22.4 Å². The highest BCUT2D eigenvalue weighted by molar-refractivity contribution is 7.89. The third-order valence-corrected chi connectivity index (χ3v) is 7.30. The number of H-pyrrole nitrogens is 1. The molecular weight excluding hydrogens is 516 g/mol. The topological polar surface area (TPSA) is 168 Å². The average molecular weight is 541 g/mol. The number of rotatable bonds is 6. The molecule has 4 rings (SSSR count). The van der Waals surface area contributed by atoms with Gasteiger partial charge >= 0.3 is 11.9 Å². The smallest absolute Gasteiger partial charge is 0.335 e. The second kappa shape index (κ2) is 11.3. The van der Waals surface area contributed by atoms with Crippen LogP contribution in [0.1, 0.15) is 26.3 Å². The van der Waals surface area contributed by atoms with Gasteiger partial charge in [0.2, 0.25) is 10.0 Å². The monoisotopic (exact) mass is 540 g/mol. The van der Waals surface area contributed by atoms with Crippen LogP contribution in [0.5, 0.6) is 0 Å². The number of benzene rings is 3. The van der Waals surface area contributed by atoms with Crippen LogP contribution in [0.15, 0.2) is 88.8 Å². The molecule has 0 spiro atoms. The molecule has 0 fully saturated rings. The Kier molecular flexibility index (Phi) is 8.43. The Morgan fingerprint density at radius 2 is 1.46 bits per heavy atom. The van der Waals surface area contributed by atoms with E-state index in [2.05, 4.69) is 4.98 Å². The fourth-order valence-corrected chi connectivity index (χ4v) is 4.51. The molecule has 11 heteroatoms. The molecule has 5 N–H and O–H groups in total. The molecule has 3 aromatic carbocycles. The number of carboxylic acids is 2. The van der Waals surface area contributed by atoms with Gasteiger partial charge in [0.25, 0.3) is 0 Å². The van der Waals surface area contributed by atoms with Crippen LogP contribution in [-0.4, -0.2) is 46.0 Å². The van der Waals surface area contributed by atoms with Gasteiger partial charge in [0.15, 0.2) is 0 Å². The van der Waals surface area contributed by atoms with E-state index >= 15 is 0 Å². The third-order valence-electron chi connectivity index (χ3n) is 5.43. The van der Waals surface area contributed by atoms with Gasteiger partial charge in [0.05, 0.1) is 21.7 Å². The molecule has 0 saturated heterocycles. The first-order valence-electron chi connectivity index (χ1n) is 10.7. The first-order valence-corrected chi connectivity index (χ1v) is 13.8. The van der Waals surface area contributed by atoms with Crippen LogP contribution in [0.4, 0.5) is 0 Å². The van der Waals surface area contributed by atoms with Crippen LogP contribution >= 0.6 is 0 Å². The Bertz CT molecular complexity index is 1570. The van der Waals surface area contributed by atoms with E-state index in [1.54, 1.807) is 25.3 Å². The summed E-state index contributed by atoms with van der Waals surface area (Å²) in [6.07, 6.45) is 3.47. The van der Waals surface area contributed by atoms with Gasteiger partial charge in [-0.1, -0.05) is 30.3 Å². The molecule has 1 aromatic heterocycles. The second-order valence-electron chi connectivity index (χ2n) is 7.95. The van der Waals surface area contributed by atoms with Crippen molar-refractivity contribution in [3.63, 3.8) is 0 Å². The molecule has 0 saturated carbocycles. The summed E-state index contributed by atoms with van der Waals surface area (Å²) in [5.74, 6) is -2.23. The van der Waals surface area contributed by atoms with E-state index in [-0.39, 0.29) is 16.0 Å². The predicted octanol–water partition coefficient (Wildman–Crippen LogP) is 4.12. The van der Waals surface area contributed by atoms with Gasteiger partial charge in [-0.05, 0) is 66.1 Å². The fourth-order valence-electron chi connectivity index (χ4n) is 3.47. The first-order chi connectivity index (χ1) is 17.4. The van der Waals surface area contributed by atoms with Crippen molar-refractivity contribution < 1.29 is 32.4 Å². The summed E-state index contributed by atoms with van der Waals surface area (Å²) in [5.41, 5.74) is 4.26. The normalized spacial score (nSPS) is 11.8. The van der Waals surface area contributed by atoms with Gasteiger partial charge in [0.1, 0.15) is 0 Å². The van der Waals surface area contributed by atoms with Gasteiger partial charge in [-0.3, -0.25) is 4.21 Å². The number of aromatic amines is 1. The lowest BCUT2D eigenvalue weighted by Gasteiger charge is -2.07. The van der Waals surface area contributed by atoms with E-state index in [1.165, 1.54) is 24.3 Å². The zero-order valence-corrected chi connectivity index (χ0v) is 21.5. The molecule has 0 aliphatic rings. The lowest BCUT2D eigenvalue weighted by Crippen LogP contribution is -2.11. The van der Waals surface area contributed by atoms with Crippen molar-refractivity contribution in [2.45, 2.75) is 16.7 Å². The summed E-state index contributed by atoms with van der Waals surface area (Å²) in [5, 5.41) is 22.4. The summed E-state index contributed by atoms with van der Waals surface area (Å²) in [6, 6.07) is 19.9. The lowest BCUT2D eigenvalue weighted by atomic mass is 10.0. The highest BCUT2D eigenvalue weighted by atomic mass is 32.2. The Labute approximate surface area is 216 Å². The van der Waals surface area contributed by atoms with E-state index in [9.17, 15) is 22.2 Å². The maximum atomic E-state index is 11.5. The Balaban J connectivity index is 0.000000248. The molecule has 4 aromatic rings.